The van der Waals surface area contributed by atoms with Crippen LogP contribution in [0.25, 0.3) is 0 Å². The van der Waals surface area contributed by atoms with E-state index in [9.17, 15) is 14.0 Å². The van der Waals surface area contributed by atoms with E-state index in [1.54, 1.807) is 35.5 Å². The lowest BCUT2D eigenvalue weighted by Gasteiger charge is -2.28. The van der Waals surface area contributed by atoms with Crippen LogP contribution in [0.5, 0.6) is 0 Å². The van der Waals surface area contributed by atoms with Crippen LogP contribution in [0.3, 0.4) is 0 Å². The Hall–Kier alpha value is -3.03. The Morgan fingerprint density at radius 1 is 0.944 bits per heavy atom. The topological polar surface area (TPSA) is 49.9 Å². The molecule has 0 aliphatic heterocycles. The van der Waals surface area contributed by atoms with E-state index in [0.29, 0.717) is 31.8 Å². The highest BCUT2D eigenvalue weighted by molar-refractivity contribution is 7.10. The SMILES string of the molecule is COCCN(CC(=O)N(Cc1ccc(F)cc1)Cc1sccc1C)C(=O)c1ccc(C(C)(C)C)cc1. The maximum absolute atomic E-state index is 13.6. The van der Waals surface area contributed by atoms with Crippen LogP contribution in [0.2, 0.25) is 0 Å². The van der Waals surface area contributed by atoms with Gasteiger partial charge in [-0.1, -0.05) is 45.0 Å². The molecule has 0 fully saturated rings. The molecule has 36 heavy (non-hydrogen) atoms. The minimum absolute atomic E-state index is 0.0198. The van der Waals surface area contributed by atoms with Gasteiger partial charge in [0.2, 0.25) is 5.91 Å². The maximum atomic E-state index is 13.6. The average Bonchev–Trinajstić information content (AvgIpc) is 3.25. The number of aryl methyl sites for hydroxylation is 1. The number of benzene rings is 2. The van der Waals surface area contributed by atoms with Crippen molar-refractivity contribution in [2.75, 3.05) is 26.8 Å². The monoisotopic (exact) mass is 510 g/mol. The first-order valence-electron chi connectivity index (χ1n) is 12.0. The van der Waals surface area contributed by atoms with Gasteiger partial charge >= 0.3 is 0 Å². The van der Waals surface area contributed by atoms with Crippen LogP contribution in [0.4, 0.5) is 4.39 Å². The Morgan fingerprint density at radius 3 is 2.17 bits per heavy atom. The molecule has 0 aliphatic rings. The number of amides is 2. The molecule has 0 aliphatic carbocycles. The molecule has 0 atom stereocenters. The molecule has 0 N–H and O–H groups in total. The first-order chi connectivity index (χ1) is 17.1. The van der Waals surface area contributed by atoms with Crippen molar-refractivity contribution in [2.45, 2.75) is 46.2 Å². The standard InChI is InChI=1S/C29H35FN2O3S/c1-21-14-17-36-26(21)19-32(18-22-6-12-25(30)13-7-22)27(33)20-31(15-16-35-5)28(34)23-8-10-24(11-9-23)29(2,3)4/h6-14,17H,15-16,18-20H2,1-5H3. The van der Waals surface area contributed by atoms with Crippen LogP contribution >= 0.6 is 11.3 Å². The van der Waals surface area contributed by atoms with Crippen LogP contribution < -0.4 is 0 Å². The predicted octanol–water partition coefficient (Wildman–Crippen LogP) is 5.81. The third-order valence-electron chi connectivity index (χ3n) is 6.12. The fourth-order valence-electron chi connectivity index (χ4n) is 3.79. The number of thiophene rings is 1. The number of halogens is 1. The highest BCUT2D eigenvalue weighted by Gasteiger charge is 2.24. The summed E-state index contributed by atoms with van der Waals surface area (Å²) in [6, 6.07) is 15.7. The van der Waals surface area contributed by atoms with E-state index in [1.165, 1.54) is 17.0 Å². The van der Waals surface area contributed by atoms with Gasteiger partial charge in [0.15, 0.2) is 0 Å². The molecule has 0 radical (unpaired) electrons. The zero-order valence-corrected chi connectivity index (χ0v) is 22.5. The van der Waals surface area contributed by atoms with Gasteiger partial charge in [0.05, 0.1) is 13.2 Å². The molecule has 2 amide bonds. The van der Waals surface area contributed by atoms with E-state index in [0.717, 1.165) is 21.6 Å². The van der Waals surface area contributed by atoms with Crippen molar-refractivity contribution >= 4 is 23.2 Å². The number of hydrogen-bond acceptors (Lipinski definition) is 4. The number of carbonyl (C=O) groups excluding carboxylic acids is 2. The summed E-state index contributed by atoms with van der Waals surface area (Å²) in [6.07, 6.45) is 0. The Balaban J connectivity index is 1.82. The second kappa shape index (κ2) is 12.3. The normalized spacial score (nSPS) is 11.4. The van der Waals surface area contributed by atoms with Crippen molar-refractivity contribution in [3.8, 4) is 0 Å². The minimum atomic E-state index is -0.320. The molecule has 1 aromatic heterocycles. The van der Waals surface area contributed by atoms with Crippen molar-refractivity contribution in [3.63, 3.8) is 0 Å². The summed E-state index contributed by atoms with van der Waals surface area (Å²) >= 11 is 1.59. The number of methoxy groups -OCH3 is 1. The van der Waals surface area contributed by atoms with Gasteiger partial charge in [-0.15, -0.1) is 11.3 Å². The first kappa shape index (κ1) is 27.6. The summed E-state index contributed by atoms with van der Waals surface area (Å²) in [4.78, 5) is 31.3. The summed E-state index contributed by atoms with van der Waals surface area (Å²) in [5.74, 6) is -0.711. The molecule has 0 spiro atoms. The average molecular weight is 511 g/mol. The largest absolute Gasteiger partial charge is 0.383 e. The first-order valence-corrected chi connectivity index (χ1v) is 12.9. The number of ether oxygens (including phenoxy) is 1. The zero-order chi connectivity index (χ0) is 26.3. The Bertz CT molecular complexity index is 1150. The number of nitrogens with zero attached hydrogens (tertiary/aromatic N) is 2. The Labute approximate surface area is 217 Å². The van der Waals surface area contributed by atoms with Gasteiger partial charge in [-0.2, -0.15) is 0 Å². The van der Waals surface area contributed by atoms with Gasteiger partial charge in [-0.05, 0) is 64.7 Å². The summed E-state index contributed by atoms with van der Waals surface area (Å²) in [6.45, 7) is 9.67. The molecule has 2 aromatic carbocycles. The lowest BCUT2D eigenvalue weighted by Crippen LogP contribution is -2.43. The molecule has 192 valence electrons. The van der Waals surface area contributed by atoms with Gasteiger partial charge in [0.1, 0.15) is 12.4 Å². The number of carbonyl (C=O) groups is 2. The second-order valence-electron chi connectivity index (χ2n) is 9.95. The quantitative estimate of drug-likeness (QED) is 0.346. The number of hydrogen-bond donors (Lipinski definition) is 0. The smallest absolute Gasteiger partial charge is 0.254 e. The van der Waals surface area contributed by atoms with Gasteiger partial charge < -0.3 is 14.5 Å². The van der Waals surface area contributed by atoms with E-state index in [4.69, 9.17) is 4.74 Å². The third kappa shape index (κ3) is 7.48. The lowest BCUT2D eigenvalue weighted by atomic mass is 9.86. The molecule has 5 nitrogen and oxygen atoms in total. The van der Waals surface area contributed by atoms with Crippen molar-refractivity contribution < 1.29 is 18.7 Å². The highest BCUT2D eigenvalue weighted by Crippen LogP contribution is 2.23. The zero-order valence-electron chi connectivity index (χ0n) is 21.7. The molecule has 3 rings (SSSR count). The van der Waals surface area contributed by atoms with Crippen molar-refractivity contribution in [1.29, 1.82) is 0 Å². The molecule has 1 heterocycles. The summed E-state index contributed by atoms with van der Waals surface area (Å²) in [5, 5.41) is 2.00. The summed E-state index contributed by atoms with van der Waals surface area (Å²) in [7, 11) is 1.57. The third-order valence-corrected chi connectivity index (χ3v) is 7.13. The molecule has 0 saturated carbocycles. The summed E-state index contributed by atoms with van der Waals surface area (Å²) in [5.41, 5.74) is 3.59. The molecule has 0 unspecified atom stereocenters. The molecule has 7 heteroatoms. The van der Waals surface area contributed by atoms with Crippen LogP contribution in [0.1, 0.15) is 52.7 Å². The van der Waals surface area contributed by atoms with Gasteiger partial charge in [0.25, 0.3) is 5.91 Å². The number of rotatable bonds is 10. The van der Waals surface area contributed by atoms with E-state index in [-0.39, 0.29) is 29.6 Å². The van der Waals surface area contributed by atoms with Gasteiger partial charge in [-0.25, -0.2) is 4.39 Å². The van der Waals surface area contributed by atoms with Crippen molar-refractivity contribution in [1.82, 2.24) is 9.80 Å². The van der Waals surface area contributed by atoms with Crippen molar-refractivity contribution in [2.24, 2.45) is 0 Å². The Kier molecular flexibility index (Phi) is 9.40. The Morgan fingerprint density at radius 2 is 1.61 bits per heavy atom. The molecular weight excluding hydrogens is 475 g/mol. The minimum Gasteiger partial charge on any atom is -0.383 e. The van der Waals surface area contributed by atoms with E-state index < -0.39 is 0 Å². The lowest BCUT2D eigenvalue weighted by molar-refractivity contribution is -0.133. The molecule has 3 aromatic rings. The van der Waals surface area contributed by atoms with E-state index in [1.807, 2.05) is 42.6 Å². The van der Waals surface area contributed by atoms with Gasteiger partial charge in [0, 0.05) is 30.6 Å². The van der Waals surface area contributed by atoms with E-state index in [2.05, 4.69) is 20.8 Å². The fourth-order valence-corrected chi connectivity index (χ4v) is 4.72. The predicted molar refractivity (Wildman–Crippen MR) is 143 cm³/mol. The molecule has 0 saturated heterocycles. The maximum Gasteiger partial charge on any atom is 0.254 e. The van der Waals surface area contributed by atoms with Gasteiger partial charge in [-0.3, -0.25) is 9.59 Å². The van der Waals surface area contributed by atoms with Crippen LogP contribution in [0.15, 0.2) is 60.0 Å². The van der Waals surface area contributed by atoms with Crippen LogP contribution in [0, 0.1) is 12.7 Å². The molecular formula is C29H35FN2O3S. The van der Waals surface area contributed by atoms with Crippen molar-refractivity contribution in [3.05, 3.63) is 92.9 Å². The fraction of sp³-hybridized carbons (Fsp3) is 0.379. The highest BCUT2D eigenvalue weighted by atomic mass is 32.1. The van der Waals surface area contributed by atoms with Crippen LogP contribution in [-0.2, 0) is 28.0 Å². The molecule has 0 bridgehead atoms. The van der Waals surface area contributed by atoms with E-state index >= 15 is 0 Å². The second-order valence-corrected chi connectivity index (χ2v) is 11.0. The summed E-state index contributed by atoms with van der Waals surface area (Å²) < 4.78 is 18.7. The van der Waals surface area contributed by atoms with Crippen LogP contribution in [-0.4, -0.2) is 48.4 Å².